The summed E-state index contributed by atoms with van der Waals surface area (Å²) >= 11 is 0. The first-order valence-electron chi connectivity index (χ1n) is 13.3. The van der Waals surface area contributed by atoms with Crippen LogP contribution in [-0.4, -0.2) is 22.6 Å². The predicted molar refractivity (Wildman–Crippen MR) is 146 cm³/mol. The molecule has 186 valence electrons. The summed E-state index contributed by atoms with van der Waals surface area (Å²) in [7, 11) is 0. The van der Waals surface area contributed by atoms with Crippen molar-refractivity contribution in [2.75, 3.05) is 0 Å². The first kappa shape index (κ1) is 25.3. The third-order valence-corrected chi connectivity index (χ3v) is 7.36. The summed E-state index contributed by atoms with van der Waals surface area (Å²) < 4.78 is 5.95. The minimum absolute atomic E-state index is 0.0730. The molecule has 0 N–H and O–H groups in total. The van der Waals surface area contributed by atoms with Crippen LogP contribution in [0, 0.1) is 0 Å². The first-order valence-corrected chi connectivity index (χ1v) is 13.3. The van der Waals surface area contributed by atoms with Gasteiger partial charge in [-0.2, -0.15) is 0 Å². The van der Waals surface area contributed by atoms with Crippen molar-refractivity contribution in [1.82, 2.24) is 4.90 Å². The van der Waals surface area contributed by atoms with Gasteiger partial charge in [0.2, 0.25) is 0 Å². The van der Waals surface area contributed by atoms with Gasteiger partial charge < -0.3 is 4.74 Å². The number of unbranched alkanes of at least 4 members (excludes halogenated alkanes) is 1. The third kappa shape index (κ3) is 6.07. The summed E-state index contributed by atoms with van der Waals surface area (Å²) in [6.45, 7) is 10.2. The Balaban J connectivity index is 1.59. The molecule has 3 atom stereocenters. The second-order valence-electron chi connectivity index (χ2n) is 11.1. The van der Waals surface area contributed by atoms with Gasteiger partial charge in [-0.3, -0.25) is 4.90 Å². The number of fused-ring (bicyclic) bond motifs is 1. The van der Waals surface area contributed by atoms with Gasteiger partial charge in [0.05, 0.1) is 6.04 Å². The van der Waals surface area contributed by atoms with Crippen LogP contribution in [0.15, 0.2) is 66.7 Å². The molecular weight excluding hydrogens is 430 g/mol. The molecule has 0 heterocycles. The van der Waals surface area contributed by atoms with Crippen molar-refractivity contribution < 1.29 is 9.53 Å². The number of hydrogen-bond donors (Lipinski definition) is 0. The normalized spacial score (nSPS) is 19.0. The molecule has 35 heavy (non-hydrogen) atoms. The van der Waals surface area contributed by atoms with Crippen LogP contribution in [0.1, 0.15) is 95.4 Å². The number of aryl methyl sites for hydroxylation is 1. The van der Waals surface area contributed by atoms with Crippen molar-refractivity contribution in [3.8, 4) is 0 Å². The van der Waals surface area contributed by atoms with Gasteiger partial charge in [0.15, 0.2) is 0 Å². The SMILES string of the molecule is CCCCc1ccc([C@@H]2CC[C@H](N(C(=O)OC(C)(C)C)[C@H](C)c3cccc4ccccc34)C2)cc1. The molecule has 0 spiro atoms. The van der Waals surface area contributed by atoms with Gasteiger partial charge in [-0.05, 0) is 93.2 Å². The Kier molecular flexibility index (Phi) is 7.84. The predicted octanol–water partition coefficient (Wildman–Crippen LogP) is 8.82. The summed E-state index contributed by atoms with van der Waals surface area (Å²) in [6, 6.07) is 24.1. The smallest absolute Gasteiger partial charge is 0.411 e. The second-order valence-corrected chi connectivity index (χ2v) is 11.1. The Hall–Kier alpha value is -2.81. The van der Waals surface area contributed by atoms with Gasteiger partial charge >= 0.3 is 6.09 Å². The number of amides is 1. The van der Waals surface area contributed by atoms with Gasteiger partial charge in [0, 0.05) is 6.04 Å². The summed E-state index contributed by atoms with van der Waals surface area (Å²) in [5.41, 5.74) is 3.47. The first-order chi connectivity index (χ1) is 16.8. The lowest BCUT2D eigenvalue weighted by atomic mass is 9.94. The number of carbonyl (C=O) groups excluding carboxylic acids is 1. The van der Waals surface area contributed by atoms with E-state index in [9.17, 15) is 4.79 Å². The molecule has 3 aromatic rings. The molecule has 0 aromatic heterocycles. The van der Waals surface area contributed by atoms with E-state index in [0.717, 1.165) is 25.7 Å². The van der Waals surface area contributed by atoms with Crippen LogP contribution in [0.3, 0.4) is 0 Å². The molecule has 3 heteroatoms. The molecule has 4 rings (SSSR count). The van der Waals surface area contributed by atoms with Crippen molar-refractivity contribution in [2.45, 2.75) is 96.7 Å². The van der Waals surface area contributed by atoms with Gasteiger partial charge in [0.25, 0.3) is 0 Å². The van der Waals surface area contributed by atoms with E-state index in [1.165, 1.54) is 40.3 Å². The van der Waals surface area contributed by atoms with Crippen molar-refractivity contribution in [1.29, 1.82) is 0 Å². The van der Waals surface area contributed by atoms with Crippen LogP contribution in [0.4, 0.5) is 4.79 Å². The van der Waals surface area contributed by atoms with Crippen LogP contribution in [0.25, 0.3) is 10.8 Å². The fourth-order valence-electron chi connectivity index (χ4n) is 5.55. The minimum Gasteiger partial charge on any atom is -0.444 e. The summed E-state index contributed by atoms with van der Waals surface area (Å²) in [6.07, 6.45) is 6.47. The highest BCUT2D eigenvalue weighted by Crippen LogP contribution is 2.41. The largest absolute Gasteiger partial charge is 0.444 e. The lowest BCUT2D eigenvalue weighted by Crippen LogP contribution is -2.44. The number of hydrogen-bond acceptors (Lipinski definition) is 2. The van der Waals surface area contributed by atoms with Gasteiger partial charge in [0.1, 0.15) is 5.60 Å². The van der Waals surface area contributed by atoms with Gasteiger partial charge in [-0.15, -0.1) is 0 Å². The standard InChI is InChI=1S/C32H41NO2/c1-6-7-11-24-16-18-25(19-17-24)27-20-21-28(22-27)33(31(34)35-32(3,4)5)23(2)29-15-10-13-26-12-8-9-14-30(26)29/h8-10,12-19,23,27-28H,6-7,11,20-22H2,1-5H3/t23-,27-,28+/m1/s1. The minimum atomic E-state index is -0.528. The molecule has 3 nitrogen and oxygen atoms in total. The fourth-order valence-corrected chi connectivity index (χ4v) is 5.55. The molecule has 0 unspecified atom stereocenters. The number of rotatable bonds is 7. The highest BCUT2D eigenvalue weighted by atomic mass is 16.6. The summed E-state index contributed by atoms with van der Waals surface area (Å²) in [5.74, 6) is 0.477. The second kappa shape index (κ2) is 10.8. The average Bonchev–Trinajstić information content (AvgIpc) is 3.31. The molecule has 0 saturated heterocycles. The summed E-state index contributed by atoms with van der Waals surface area (Å²) in [4.78, 5) is 15.6. The van der Waals surface area contributed by atoms with Crippen molar-refractivity contribution in [3.05, 3.63) is 83.4 Å². The summed E-state index contributed by atoms with van der Waals surface area (Å²) in [5, 5.41) is 2.40. The van der Waals surface area contributed by atoms with Crippen LogP contribution < -0.4 is 0 Å². The molecule has 0 radical (unpaired) electrons. The number of nitrogens with zero attached hydrogens (tertiary/aromatic N) is 1. The Morgan fingerprint density at radius 2 is 1.71 bits per heavy atom. The zero-order valence-corrected chi connectivity index (χ0v) is 22.1. The lowest BCUT2D eigenvalue weighted by Gasteiger charge is -2.37. The fraction of sp³-hybridized carbons (Fsp3) is 0.469. The van der Waals surface area contributed by atoms with Crippen LogP contribution in [0.5, 0.6) is 0 Å². The van der Waals surface area contributed by atoms with E-state index in [2.05, 4.69) is 80.6 Å². The molecule has 1 saturated carbocycles. The highest BCUT2D eigenvalue weighted by molar-refractivity contribution is 5.86. The zero-order chi connectivity index (χ0) is 25.0. The van der Waals surface area contributed by atoms with Crippen molar-refractivity contribution >= 4 is 16.9 Å². The lowest BCUT2D eigenvalue weighted by molar-refractivity contribution is 0.00693. The third-order valence-electron chi connectivity index (χ3n) is 7.36. The van der Waals surface area contributed by atoms with Crippen LogP contribution in [-0.2, 0) is 11.2 Å². The molecule has 1 fully saturated rings. The highest BCUT2D eigenvalue weighted by Gasteiger charge is 2.38. The topological polar surface area (TPSA) is 29.5 Å². The van der Waals surface area contributed by atoms with E-state index in [1.54, 1.807) is 0 Å². The van der Waals surface area contributed by atoms with E-state index >= 15 is 0 Å². The number of carbonyl (C=O) groups is 1. The van der Waals surface area contributed by atoms with Crippen LogP contribution in [0.2, 0.25) is 0 Å². The average molecular weight is 472 g/mol. The molecule has 0 aliphatic heterocycles. The molecule has 1 amide bonds. The van der Waals surface area contributed by atoms with E-state index in [-0.39, 0.29) is 18.2 Å². The van der Waals surface area contributed by atoms with E-state index < -0.39 is 5.60 Å². The number of ether oxygens (including phenoxy) is 1. The monoisotopic (exact) mass is 471 g/mol. The van der Waals surface area contributed by atoms with E-state index in [1.807, 2.05) is 25.7 Å². The molecule has 3 aromatic carbocycles. The van der Waals surface area contributed by atoms with Crippen LogP contribution >= 0.6 is 0 Å². The van der Waals surface area contributed by atoms with E-state index in [0.29, 0.717) is 5.92 Å². The van der Waals surface area contributed by atoms with Gasteiger partial charge in [-0.25, -0.2) is 4.79 Å². The Labute approximate surface area is 211 Å². The Morgan fingerprint density at radius 1 is 1.00 bits per heavy atom. The molecule has 1 aliphatic rings. The molecular formula is C32H41NO2. The number of benzene rings is 3. The molecule has 0 bridgehead atoms. The van der Waals surface area contributed by atoms with Crippen molar-refractivity contribution in [2.24, 2.45) is 0 Å². The maximum atomic E-state index is 13.6. The maximum Gasteiger partial charge on any atom is 0.411 e. The van der Waals surface area contributed by atoms with Crippen molar-refractivity contribution in [3.63, 3.8) is 0 Å². The quantitative estimate of drug-likeness (QED) is 0.344. The Bertz CT molecular complexity index is 1120. The van der Waals surface area contributed by atoms with Gasteiger partial charge in [-0.1, -0.05) is 80.1 Å². The van der Waals surface area contributed by atoms with E-state index in [4.69, 9.17) is 4.74 Å². The molecule has 1 aliphatic carbocycles. The maximum absolute atomic E-state index is 13.6. The Morgan fingerprint density at radius 3 is 2.43 bits per heavy atom. The zero-order valence-electron chi connectivity index (χ0n) is 22.1.